The number of benzene rings is 1. The second-order valence-corrected chi connectivity index (χ2v) is 9.96. The summed E-state index contributed by atoms with van der Waals surface area (Å²) in [7, 11) is 0. The molecule has 0 saturated heterocycles. The molecule has 13 heavy (non-hydrogen) atoms. The Kier molecular flexibility index (Phi) is 3.64. The van der Waals surface area contributed by atoms with E-state index in [-0.39, 0.29) is 0 Å². The quantitative estimate of drug-likeness (QED) is 0.725. The lowest BCUT2D eigenvalue weighted by molar-refractivity contribution is 0.634. The third-order valence-corrected chi connectivity index (χ3v) is 2.47. The maximum Gasteiger partial charge on any atom is 0.289 e. The van der Waals surface area contributed by atoms with Crippen LogP contribution in [0.4, 0.5) is 0 Å². The Morgan fingerprint density at radius 3 is 2.00 bits per heavy atom. The summed E-state index contributed by atoms with van der Waals surface area (Å²) in [5, 5.41) is 0. The zero-order valence-electron chi connectivity index (χ0n) is 7.25. The van der Waals surface area contributed by atoms with E-state index in [4.69, 9.17) is 38.8 Å². The average molecular weight is 255 g/mol. The summed E-state index contributed by atoms with van der Waals surface area (Å²) in [6.07, 6.45) is 0. The van der Waals surface area contributed by atoms with Crippen molar-refractivity contribution < 1.29 is 4.52 Å². The predicted octanol–water partition coefficient (Wildman–Crippen LogP) is 4.38. The Bertz CT molecular complexity index is 341. The van der Waals surface area contributed by atoms with Crippen LogP contribution < -0.4 is 4.52 Å². The summed E-state index contributed by atoms with van der Waals surface area (Å²) in [6.45, 7) is 3.96. The lowest BCUT2D eigenvalue weighted by Gasteiger charge is -2.10. The molecule has 0 N–H and O–H groups in total. The van der Waals surface area contributed by atoms with Crippen LogP contribution in [-0.4, -0.2) is 0 Å². The van der Waals surface area contributed by atoms with Crippen LogP contribution in [0.3, 0.4) is 0 Å². The molecule has 0 heterocycles. The topological polar surface area (TPSA) is 9.23 Å². The fourth-order valence-corrected chi connectivity index (χ4v) is 2.20. The van der Waals surface area contributed by atoms with Gasteiger partial charge in [0.15, 0.2) is 0 Å². The Balaban J connectivity index is 2.96. The molecule has 5 heteroatoms. The van der Waals surface area contributed by atoms with E-state index in [1.807, 2.05) is 32.0 Å². The van der Waals surface area contributed by atoms with E-state index in [2.05, 4.69) is 0 Å². The highest BCUT2D eigenvalue weighted by Gasteiger charge is 2.10. The number of hydrogen-bond donors (Lipinski definition) is 0. The lowest BCUT2D eigenvalue weighted by Crippen LogP contribution is -1.84. The number of hydrogen-bond acceptors (Lipinski definition) is 2. The van der Waals surface area contributed by atoms with E-state index in [9.17, 15) is 0 Å². The van der Waals surface area contributed by atoms with Crippen LogP contribution in [0.15, 0.2) is 18.2 Å². The normalized spacial score (nSPS) is 11.4. The van der Waals surface area contributed by atoms with Crippen LogP contribution in [0.2, 0.25) is 0 Å². The van der Waals surface area contributed by atoms with Gasteiger partial charge in [0, 0.05) is 0 Å². The standard InChI is InChI=1S/C8H9Cl2OPS/c1-6-3-7(2)5-8(4-6)11-12(9,10)13/h3-5H,1-2H3. The molecule has 1 aromatic rings. The SMILES string of the molecule is Cc1cc(C)cc(OP(=S)(Cl)Cl)c1. The van der Waals surface area contributed by atoms with Gasteiger partial charge < -0.3 is 4.52 Å². The maximum absolute atomic E-state index is 5.64. The molecule has 1 rings (SSSR count). The van der Waals surface area contributed by atoms with Gasteiger partial charge in [0.05, 0.1) is 0 Å². The summed E-state index contributed by atoms with van der Waals surface area (Å²) >= 11 is 16.1. The monoisotopic (exact) mass is 254 g/mol. The summed E-state index contributed by atoms with van der Waals surface area (Å²) in [6, 6.07) is 5.76. The van der Waals surface area contributed by atoms with E-state index in [0.29, 0.717) is 5.75 Å². The maximum atomic E-state index is 5.64. The van der Waals surface area contributed by atoms with Crippen LogP contribution >= 0.6 is 27.5 Å². The molecule has 1 aromatic carbocycles. The largest absolute Gasteiger partial charge is 0.441 e. The van der Waals surface area contributed by atoms with Crippen molar-refractivity contribution in [1.82, 2.24) is 0 Å². The molecular formula is C8H9Cl2OPS. The fraction of sp³-hybridized carbons (Fsp3) is 0.250. The Morgan fingerprint density at radius 1 is 1.15 bits per heavy atom. The molecule has 72 valence electrons. The van der Waals surface area contributed by atoms with E-state index in [1.165, 1.54) is 0 Å². The minimum absolute atomic E-state index is 0.644. The summed E-state index contributed by atoms with van der Waals surface area (Å²) in [4.78, 5) is -2.65. The molecule has 0 aliphatic rings. The molecule has 1 nitrogen and oxygen atoms in total. The van der Waals surface area contributed by atoms with Gasteiger partial charge in [0.2, 0.25) is 0 Å². The van der Waals surface area contributed by atoms with Crippen molar-refractivity contribution in [3.63, 3.8) is 0 Å². The fourth-order valence-electron chi connectivity index (χ4n) is 1.11. The summed E-state index contributed by atoms with van der Waals surface area (Å²) in [5.74, 6) is 0.644. The third-order valence-electron chi connectivity index (χ3n) is 1.41. The van der Waals surface area contributed by atoms with Gasteiger partial charge in [-0.3, -0.25) is 0 Å². The van der Waals surface area contributed by atoms with Crippen LogP contribution in [0.1, 0.15) is 11.1 Å². The van der Waals surface area contributed by atoms with Gasteiger partial charge in [-0.2, -0.15) is 0 Å². The molecule has 0 aliphatic heterocycles. The molecular weight excluding hydrogens is 246 g/mol. The highest BCUT2D eigenvalue weighted by molar-refractivity contribution is 8.36. The zero-order valence-corrected chi connectivity index (χ0v) is 10.5. The molecule has 0 atom stereocenters. The second-order valence-electron chi connectivity index (χ2n) is 2.83. The Labute approximate surface area is 92.7 Å². The van der Waals surface area contributed by atoms with Crippen molar-refractivity contribution in [2.45, 2.75) is 13.8 Å². The highest BCUT2D eigenvalue weighted by Crippen LogP contribution is 2.57. The number of halogens is 2. The highest BCUT2D eigenvalue weighted by atomic mass is 35.9. The molecule has 0 fully saturated rings. The second kappa shape index (κ2) is 4.18. The predicted molar refractivity (Wildman–Crippen MR) is 62.5 cm³/mol. The number of rotatable bonds is 2. The van der Waals surface area contributed by atoms with Crippen LogP contribution in [0.25, 0.3) is 0 Å². The van der Waals surface area contributed by atoms with Gasteiger partial charge >= 0.3 is 0 Å². The molecule has 0 unspecified atom stereocenters. The van der Waals surface area contributed by atoms with Gasteiger partial charge in [-0.25, -0.2) is 0 Å². The first-order chi connectivity index (χ1) is 5.87. The van der Waals surface area contributed by atoms with E-state index >= 15 is 0 Å². The van der Waals surface area contributed by atoms with Gasteiger partial charge in [0.25, 0.3) is 4.97 Å². The molecule has 0 amide bonds. The number of aryl methyl sites for hydroxylation is 2. The van der Waals surface area contributed by atoms with E-state index < -0.39 is 4.97 Å². The molecule has 0 bridgehead atoms. The van der Waals surface area contributed by atoms with Crippen LogP contribution in [0.5, 0.6) is 5.75 Å². The van der Waals surface area contributed by atoms with Crippen LogP contribution in [0, 0.1) is 13.8 Å². The van der Waals surface area contributed by atoms with Crippen molar-refractivity contribution in [2.24, 2.45) is 0 Å². The van der Waals surface area contributed by atoms with E-state index in [0.717, 1.165) is 11.1 Å². The minimum atomic E-state index is -2.65. The zero-order chi connectivity index (χ0) is 10.1. The lowest BCUT2D eigenvalue weighted by atomic mass is 10.1. The smallest absolute Gasteiger partial charge is 0.289 e. The summed E-state index contributed by atoms with van der Waals surface area (Å²) in [5.41, 5.74) is 2.21. The van der Waals surface area contributed by atoms with Crippen molar-refractivity contribution in [3.05, 3.63) is 29.3 Å². The first kappa shape index (κ1) is 11.3. The van der Waals surface area contributed by atoms with Crippen LogP contribution in [-0.2, 0) is 11.8 Å². The minimum Gasteiger partial charge on any atom is -0.441 e. The Morgan fingerprint density at radius 2 is 1.62 bits per heavy atom. The Hall–Kier alpha value is 0.250. The van der Waals surface area contributed by atoms with Gasteiger partial charge in [-0.1, -0.05) is 6.07 Å². The van der Waals surface area contributed by atoms with Gasteiger partial charge in [0.1, 0.15) is 5.75 Å². The molecule has 0 radical (unpaired) electrons. The van der Waals surface area contributed by atoms with Crippen molar-refractivity contribution in [1.29, 1.82) is 0 Å². The molecule has 0 spiro atoms. The first-order valence-corrected chi connectivity index (χ1v) is 8.17. The molecule has 0 aromatic heterocycles. The van der Waals surface area contributed by atoms with Crippen molar-refractivity contribution >= 4 is 39.3 Å². The van der Waals surface area contributed by atoms with Crippen molar-refractivity contribution in [2.75, 3.05) is 0 Å². The van der Waals surface area contributed by atoms with Crippen molar-refractivity contribution in [3.8, 4) is 5.75 Å². The molecule has 0 saturated carbocycles. The first-order valence-electron chi connectivity index (χ1n) is 3.64. The average Bonchev–Trinajstić information content (AvgIpc) is 1.78. The molecule has 0 aliphatic carbocycles. The third kappa shape index (κ3) is 4.33. The summed E-state index contributed by atoms with van der Waals surface area (Å²) < 4.78 is 5.22. The van der Waals surface area contributed by atoms with Gasteiger partial charge in [-0.15, -0.1) is 0 Å². The van der Waals surface area contributed by atoms with E-state index in [1.54, 1.807) is 0 Å². The van der Waals surface area contributed by atoms with Gasteiger partial charge in [-0.05, 0) is 71.4 Å².